The quantitative estimate of drug-likeness (QED) is 0.678. The first kappa shape index (κ1) is 19.7. The highest BCUT2D eigenvalue weighted by atomic mass is 32.2. The zero-order valence-electron chi connectivity index (χ0n) is 15.9. The van der Waals surface area contributed by atoms with Gasteiger partial charge in [0.25, 0.3) is 5.22 Å². The molecular formula is C20H27N3O3S. The highest BCUT2D eigenvalue weighted by molar-refractivity contribution is 8.00. The average Bonchev–Trinajstić information content (AvgIpc) is 3.16. The molecule has 146 valence electrons. The van der Waals surface area contributed by atoms with Gasteiger partial charge in [-0.1, -0.05) is 31.0 Å². The molecule has 0 radical (unpaired) electrons. The van der Waals surface area contributed by atoms with Gasteiger partial charge in [-0.05, 0) is 56.9 Å². The van der Waals surface area contributed by atoms with Crippen LogP contribution in [0.3, 0.4) is 0 Å². The molecule has 6 nitrogen and oxygen atoms in total. The molecule has 27 heavy (non-hydrogen) atoms. The van der Waals surface area contributed by atoms with E-state index < -0.39 is 0 Å². The molecule has 7 heteroatoms. The van der Waals surface area contributed by atoms with Crippen LogP contribution in [0.2, 0.25) is 0 Å². The first-order chi connectivity index (χ1) is 13.2. The van der Waals surface area contributed by atoms with Crippen molar-refractivity contribution in [2.45, 2.75) is 56.4 Å². The predicted molar refractivity (Wildman–Crippen MR) is 106 cm³/mol. The molecule has 1 N–H and O–H groups in total. The standard InChI is InChI=1S/C20H27N3O3S/c1-3-25-17-11-9-16(10-12-17)19-22-23-20(26-19)27-14(2)18(24)21-13-15-7-5-4-6-8-15/h9-12,14-15H,3-8,13H2,1-2H3,(H,21,24). The Labute approximate surface area is 164 Å². The number of benzene rings is 1. The van der Waals surface area contributed by atoms with Crippen molar-refractivity contribution < 1.29 is 13.9 Å². The lowest BCUT2D eigenvalue weighted by Crippen LogP contribution is -2.35. The van der Waals surface area contributed by atoms with Crippen LogP contribution in [0.4, 0.5) is 0 Å². The third-order valence-electron chi connectivity index (χ3n) is 4.76. The second-order valence-corrected chi connectivity index (χ2v) is 8.13. The number of hydrogen-bond donors (Lipinski definition) is 1. The maximum atomic E-state index is 12.3. The fraction of sp³-hybridized carbons (Fsp3) is 0.550. The molecule has 1 aliphatic rings. The molecule has 1 aliphatic carbocycles. The Morgan fingerprint density at radius 1 is 1.26 bits per heavy atom. The van der Waals surface area contributed by atoms with Gasteiger partial charge in [-0.3, -0.25) is 4.79 Å². The summed E-state index contributed by atoms with van der Waals surface area (Å²) in [6, 6.07) is 7.51. The minimum Gasteiger partial charge on any atom is -0.494 e. The molecule has 3 rings (SSSR count). The second kappa shape index (κ2) is 9.78. The Morgan fingerprint density at radius 2 is 2.00 bits per heavy atom. The molecule has 1 amide bonds. The van der Waals surface area contributed by atoms with Crippen LogP contribution in [-0.4, -0.2) is 34.5 Å². The van der Waals surface area contributed by atoms with Crippen LogP contribution < -0.4 is 10.1 Å². The fourth-order valence-electron chi connectivity index (χ4n) is 3.22. The molecule has 1 fully saturated rings. The van der Waals surface area contributed by atoms with Gasteiger partial charge in [0.05, 0.1) is 11.9 Å². The Balaban J connectivity index is 1.50. The van der Waals surface area contributed by atoms with E-state index in [0.29, 0.717) is 23.6 Å². The summed E-state index contributed by atoms with van der Waals surface area (Å²) in [6.07, 6.45) is 6.32. The molecule has 1 saturated carbocycles. The van der Waals surface area contributed by atoms with Crippen molar-refractivity contribution in [2.24, 2.45) is 5.92 Å². The SMILES string of the molecule is CCOc1ccc(-c2nnc(SC(C)C(=O)NCC3CCCCC3)o2)cc1. The fourth-order valence-corrected chi connectivity index (χ4v) is 3.93. The lowest BCUT2D eigenvalue weighted by atomic mass is 9.89. The third kappa shape index (κ3) is 5.73. The largest absolute Gasteiger partial charge is 0.494 e. The van der Waals surface area contributed by atoms with Gasteiger partial charge in [0.2, 0.25) is 11.8 Å². The van der Waals surface area contributed by atoms with Crippen LogP contribution in [0.15, 0.2) is 33.9 Å². The monoisotopic (exact) mass is 389 g/mol. The van der Waals surface area contributed by atoms with Crippen molar-refractivity contribution >= 4 is 17.7 Å². The van der Waals surface area contributed by atoms with Crippen LogP contribution >= 0.6 is 11.8 Å². The van der Waals surface area contributed by atoms with E-state index in [1.165, 1.54) is 43.9 Å². The molecule has 0 bridgehead atoms. The zero-order chi connectivity index (χ0) is 19.1. The van der Waals surface area contributed by atoms with Gasteiger partial charge >= 0.3 is 0 Å². The molecule has 0 aliphatic heterocycles. The van der Waals surface area contributed by atoms with E-state index in [4.69, 9.17) is 9.15 Å². The minimum atomic E-state index is -0.276. The van der Waals surface area contributed by atoms with E-state index in [-0.39, 0.29) is 11.2 Å². The number of nitrogens with zero attached hydrogens (tertiary/aromatic N) is 2. The summed E-state index contributed by atoms with van der Waals surface area (Å²) in [5.41, 5.74) is 0.826. The Morgan fingerprint density at radius 3 is 2.70 bits per heavy atom. The lowest BCUT2D eigenvalue weighted by Gasteiger charge is -2.22. The molecule has 0 spiro atoms. The number of hydrogen-bond acceptors (Lipinski definition) is 6. The summed E-state index contributed by atoms with van der Waals surface area (Å²) < 4.78 is 11.1. The molecule has 0 saturated heterocycles. The predicted octanol–water partition coefficient (Wildman–Crippen LogP) is 4.31. The van der Waals surface area contributed by atoms with E-state index in [9.17, 15) is 4.79 Å². The number of rotatable bonds is 8. The molecule has 1 atom stereocenters. The van der Waals surface area contributed by atoms with Gasteiger partial charge < -0.3 is 14.5 Å². The highest BCUT2D eigenvalue weighted by Gasteiger charge is 2.20. The molecule has 1 unspecified atom stereocenters. The van der Waals surface area contributed by atoms with E-state index in [2.05, 4.69) is 15.5 Å². The van der Waals surface area contributed by atoms with Crippen molar-refractivity contribution in [3.05, 3.63) is 24.3 Å². The van der Waals surface area contributed by atoms with E-state index in [0.717, 1.165) is 17.9 Å². The molecule has 1 aromatic heterocycles. The van der Waals surface area contributed by atoms with Gasteiger partial charge in [0, 0.05) is 12.1 Å². The van der Waals surface area contributed by atoms with Crippen LogP contribution in [0, 0.1) is 5.92 Å². The smallest absolute Gasteiger partial charge is 0.277 e. The minimum absolute atomic E-state index is 0.0198. The zero-order valence-corrected chi connectivity index (χ0v) is 16.8. The number of ether oxygens (including phenoxy) is 1. The summed E-state index contributed by atoms with van der Waals surface area (Å²) in [5, 5.41) is 11.3. The number of amides is 1. The summed E-state index contributed by atoms with van der Waals surface area (Å²) >= 11 is 1.29. The van der Waals surface area contributed by atoms with E-state index >= 15 is 0 Å². The summed E-state index contributed by atoms with van der Waals surface area (Å²) in [6.45, 7) is 5.20. The number of thioether (sulfide) groups is 1. The van der Waals surface area contributed by atoms with Crippen LogP contribution in [0.1, 0.15) is 46.0 Å². The van der Waals surface area contributed by atoms with Crippen molar-refractivity contribution in [3.63, 3.8) is 0 Å². The molecular weight excluding hydrogens is 362 g/mol. The lowest BCUT2D eigenvalue weighted by molar-refractivity contribution is -0.120. The van der Waals surface area contributed by atoms with Crippen molar-refractivity contribution in [2.75, 3.05) is 13.2 Å². The topological polar surface area (TPSA) is 77.2 Å². The van der Waals surface area contributed by atoms with Gasteiger partial charge in [0.1, 0.15) is 5.75 Å². The first-order valence-corrected chi connectivity index (χ1v) is 10.5. The normalized spacial score (nSPS) is 16.1. The maximum absolute atomic E-state index is 12.3. The van der Waals surface area contributed by atoms with Crippen LogP contribution in [-0.2, 0) is 4.79 Å². The second-order valence-electron chi connectivity index (χ2n) is 6.84. The number of carbonyl (C=O) groups is 1. The van der Waals surface area contributed by atoms with Gasteiger partial charge in [-0.25, -0.2) is 0 Å². The first-order valence-electron chi connectivity index (χ1n) is 9.67. The van der Waals surface area contributed by atoms with Crippen LogP contribution in [0.5, 0.6) is 5.75 Å². The Bertz CT molecular complexity index is 726. The summed E-state index contributed by atoms with van der Waals surface area (Å²) in [4.78, 5) is 12.3. The van der Waals surface area contributed by atoms with E-state index in [1.807, 2.05) is 38.1 Å². The molecule has 2 aromatic rings. The Hall–Kier alpha value is -2.02. The molecule has 1 heterocycles. The van der Waals surface area contributed by atoms with Crippen molar-refractivity contribution in [1.29, 1.82) is 0 Å². The van der Waals surface area contributed by atoms with Gasteiger partial charge in [-0.2, -0.15) is 0 Å². The van der Waals surface area contributed by atoms with Gasteiger partial charge in [-0.15, -0.1) is 10.2 Å². The maximum Gasteiger partial charge on any atom is 0.277 e. The summed E-state index contributed by atoms with van der Waals surface area (Å²) in [7, 11) is 0. The van der Waals surface area contributed by atoms with E-state index in [1.54, 1.807) is 0 Å². The van der Waals surface area contributed by atoms with Gasteiger partial charge in [0.15, 0.2) is 0 Å². The Kier molecular flexibility index (Phi) is 7.15. The van der Waals surface area contributed by atoms with Crippen molar-refractivity contribution in [3.8, 4) is 17.2 Å². The molecule has 1 aromatic carbocycles. The number of nitrogens with one attached hydrogen (secondary N) is 1. The number of aromatic nitrogens is 2. The van der Waals surface area contributed by atoms with Crippen molar-refractivity contribution in [1.82, 2.24) is 15.5 Å². The number of carbonyl (C=O) groups excluding carboxylic acids is 1. The third-order valence-corrected chi connectivity index (χ3v) is 5.69. The van der Waals surface area contributed by atoms with Crippen LogP contribution in [0.25, 0.3) is 11.5 Å². The summed E-state index contributed by atoms with van der Waals surface area (Å²) in [5.74, 6) is 1.88. The highest BCUT2D eigenvalue weighted by Crippen LogP contribution is 2.27. The average molecular weight is 390 g/mol.